The van der Waals surface area contributed by atoms with Gasteiger partial charge in [-0.2, -0.15) is 0 Å². The van der Waals surface area contributed by atoms with E-state index in [1.54, 1.807) is 0 Å². The Labute approximate surface area is 198 Å². The first-order valence-electron chi connectivity index (χ1n) is 11.7. The SMILES string of the molecule is Cc1ccc2c(N3CCCC(C(CC(C)C)OC(N)=O)C3)nc(-c3c(O)cccc3F)nc2c1. The number of rotatable bonds is 6. The van der Waals surface area contributed by atoms with Crippen molar-refractivity contribution in [2.75, 3.05) is 18.0 Å². The Bertz CT molecular complexity index is 1180. The van der Waals surface area contributed by atoms with Gasteiger partial charge in [-0.3, -0.25) is 0 Å². The number of fused-ring (bicyclic) bond motifs is 1. The third-order valence-electron chi connectivity index (χ3n) is 6.30. The molecule has 2 heterocycles. The van der Waals surface area contributed by atoms with Gasteiger partial charge in [0.05, 0.1) is 11.1 Å². The van der Waals surface area contributed by atoms with Crippen molar-refractivity contribution in [3.63, 3.8) is 0 Å². The normalized spacial score (nSPS) is 17.2. The van der Waals surface area contributed by atoms with Crippen molar-refractivity contribution in [1.82, 2.24) is 9.97 Å². The zero-order valence-corrected chi connectivity index (χ0v) is 19.8. The molecule has 2 unspecified atom stereocenters. The van der Waals surface area contributed by atoms with Crippen LogP contribution in [0.2, 0.25) is 0 Å². The van der Waals surface area contributed by atoms with Gasteiger partial charge < -0.3 is 20.5 Å². The molecule has 0 bridgehead atoms. The van der Waals surface area contributed by atoms with Crippen LogP contribution in [0.15, 0.2) is 36.4 Å². The molecule has 3 N–H and O–H groups in total. The zero-order valence-electron chi connectivity index (χ0n) is 19.8. The highest BCUT2D eigenvalue weighted by Crippen LogP contribution is 2.36. The number of hydrogen-bond acceptors (Lipinski definition) is 6. The lowest BCUT2D eigenvalue weighted by Crippen LogP contribution is -2.43. The number of carbonyl (C=O) groups is 1. The van der Waals surface area contributed by atoms with Gasteiger partial charge in [0.15, 0.2) is 5.82 Å². The summed E-state index contributed by atoms with van der Waals surface area (Å²) in [5.41, 5.74) is 7.05. The molecule has 0 spiro atoms. The number of phenolic OH excluding ortho intramolecular Hbond substituents is 1. The lowest BCUT2D eigenvalue weighted by atomic mass is 9.87. The van der Waals surface area contributed by atoms with E-state index in [0.717, 1.165) is 36.8 Å². The molecule has 2 atom stereocenters. The maximum Gasteiger partial charge on any atom is 0.404 e. The Kier molecular flexibility index (Phi) is 6.86. The van der Waals surface area contributed by atoms with Crippen LogP contribution in [-0.4, -0.2) is 40.4 Å². The maximum absolute atomic E-state index is 14.7. The van der Waals surface area contributed by atoms with E-state index >= 15 is 0 Å². The van der Waals surface area contributed by atoms with E-state index in [1.807, 2.05) is 25.1 Å². The first-order chi connectivity index (χ1) is 16.2. The predicted molar refractivity (Wildman–Crippen MR) is 130 cm³/mol. The summed E-state index contributed by atoms with van der Waals surface area (Å²) in [6.07, 6.45) is 1.47. The van der Waals surface area contributed by atoms with E-state index in [1.165, 1.54) is 18.2 Å². The highest BCUT2D eigenvalue weighted by atomic mass is 19.1. The number of aryl methyl sites for hydroxylation is 1. The number of anilines is 1. The Hall–Kier alpha value is -3.42. The number of benzene rings is 2. The average molecular weight is 467 g/mol. The number of aromatic hydroxyl groups is 1. The number of aromatic nitrogens is 2. The van der Waals surface area contributed by atoms with Crippen molar-refractivity contribution >= 4 is 22.8 Å². The van der Waals surface area contributed by atoms with Crippen LogP contribution in [0.25, 0.3) is 22.3 Å². The van der Waals surface area contributed by atoms with Gasteiger partial charge in [0.2, 0.25) is 0 Å². The van der Waals surface area contributed by atoms with E-state index in [0.29, 0.717) is 23.8 Å². The second-order valence-corrected chi connectivity index (χ2v) is 9.48. The minimum absolute atomic E-state index is 0.0181. The van der Waals surface area contributed by atoms with Gasteiger partial charge in [-0.25, -0.2) is 19.2 Å². The molecule has 1 aromatic heterocycles. The molecule has 2 aromatic carbocycles. The van der Waals surface area contributed by atoms with Crippen LogP contribution in [-0.2, 0) is 4.74 Å². The van der Waals surface area contributed by atoms with Gasteiger partial charge in [0.1, 0.15) is 23.5 Å². The Morgan fingerprint density at radius 2 is 2.09 bits per heavy atom. The number of hydrogen-bond donors (Lipinski definition) is 2. The molecule has 1 aliphatic rings. The standard InChI is InChI=1S/C26H31FN4O3/c1-15(2)12-22(34-26(28)33)17-6-5-11-31(14-17)25-18-10-9-16(3)13-20(18)29-24(30-25)23-19(27)7-4-8-21(23)32/h4,7-10,13,15,17,22,32H,5-6,11-12,14H2,1-3H3,(H2,28,33). The molecule has 4 rings (SSSR count). The van der Waals surface area contributed by atoms with E-state index in [9.17, 15) is 14.3 Å². The number of piperidine rings is 1. The summed E-state index contributed by atoms with van der Waals surface area (Å²) < 4.78 is 20.2. The van der Waals surface area contributed by atoms with Gasteiger partial charge >= 0.3 is 6.09 Å². The number of ether oxygens (including phenoxy) is 1. The molecule has 1 fully saturated rings. The zero-order chi connectivity index (χ0) is 24.4. The van der Waals surface area contributed by atoms with E-state index in [-0.39, 0.29) is 29.2 Å². The first-order valence-corrected chi connectivity index (χ1v) is 11.7. The minimum atomic E-state index is -0.761. The van der Waals surface area contributed by atoms with Crippen molar-refractivity contribution in [2.45, 2.75) is 46.1 Å². The molecule has 1 saturated heterocycles. The van der Waals surface area contributed by atoms with Crippen molar-refractivity contribution in [2.24, 2.45) is 17.6 Å². The monoisotopic (exact) mass is 466 g/mol. The van der Waals surface area contributed by atoms with Gasteiger partial charge in [-0.15, -0.1) is 0 Å². The summed E-state index contributed by atoms with van der Waals surface area (Å²) in [6.45, 7) is 7.52. The van der Waals surface area contributed by atoms with Crippen LogP contribution >= 0.6 is 0 Å². The second kappa shape index (κ2) is 9.83. The largest absolute Gasteiger partial charge is 0.507 e. The highest BCUT2D eigenvalue weighted by molar-refractivity contribution is 5.92. The molecule has 3 aromatic rings. The topological polar surface area (TPSA) is 102 Å². The van der Waals surface area contributed by atoms with Gasteiger partial charge in [0.25, 0.3) is 0 Å². The minimum Gasteiger partial charge on any atom is -0.507 e. The van der Waals surface area contributed by atoms with Gasteiger partial charge in [0, 0.05) is 24.4 Å². The molecule has 7 nitrogen and oxygen atoms in total. The number of amides is 1. The smallest absolute Gasteiger partial charge is 0.404 e. The maximum atomic E-state index is 14.7. The van der Waals surface area contributed by atoms with Crippen LogP contribution in [0, 0.1) is 24.6 Å². The fraction of sp³-hybridized carbons (Fsp3) is 0.423. The first kappa shape index (κ1) is 23.7. The fourth-order valence-electron chi connectivity index (χ4n) is 4.77. The number of phenols is 1. The molecule has 0 radical (unpaired) electrons. The quantitative estimate of drug-likeness (QED) is 0.519. The van der Waals surface area contributed by atoms with Crippen LogP contribution in [0.4, 0.5) is 15.0 Å². The number of nitrogens with zero attached hydrogens (tertiary/aromatic N) is 3. The van der Waals surface area contributed by atoms with Gasteiger partial charge in [-0.1, -0.05) is 26.0 Å². The summed E-state index contributed by atoms with van der Waals surface area (Å²) in [7, 11) is 0. The number of nitrogens with two attached hydrogens (primary N) is 1. The third kappa shape index (κ3) is 5.05. The summed E-state index contributed by atoms with van der Waals surface area (Å²) in [5.74, 6) is 0.456. The predicted octanol–water partition coefficient (Wildman–Crippen LogP) is 5.18. The lowest BCUT2D eigenvalue weighted by Gasteiger charge is -2.38. The number of carbonyl (C=O) groups excluding carboxylic acids is 1. The average Bonchev–Trinajstić information content (AvgIpc) is 2.77. The molecular weight excluding hydrogens is 435 g/mol. The van der Waals surface area contributed by atoms with Crippen molar-refractivity contribution in [3.8, 4) is 17.1 Å². The number of primary amides is 1. The summed E-state index contributed by atoms with van der Waals surface area (Å²) in [5, 5.41) is 11.2. The van der Waals surface area contributed by atoms with Gasteiger partial charge in [-0.05, 0) is 61.9 Å². The molecule has 8 heteroatoms. The molecule has 34 heavy (non-hydrogen) atoms. The molecule has 0 saturated carbocycles. The van der Waals surface area contributed by atoms with Crippen LogP contribution < -0.4 is 10.6 Å². The summed E-state index contributed by atoms with van der Waals surface area (Å²) in [6, 6.07) is 10.1. The lowest BCUT2D eigenvalue weighted by molar-refractivity contribution is 0.0489. The van der Waals surface area contributed by atoms with Crippen LogP contribution in [0.1, 0.15) is 38.7 Å². The fourth-order valence-corrected chi connectivity index (χ4v) is 4.77. The molecule has 180 valence electrons. The van der Waals surface area contributed by atoms with E-state index < -0.39 is 11.9 Å². The van der Waals surface area contributed by atoms with Crippen molar-refractivity contribution < 1.29 is 19.0 Å². The van der Waals surface area contributed by atoms with Crippen molar-refractivity contribution in [3.05, 3.63) is 47.8 Å². The van der Waals surface area contributed by atoms with Crippen LogP contribution in [0.5, 0.6) is 5.75 Å². The summed E-state index contributed by atoms with van der Waals surface area (Å²) >= 11 is 0. The molecule has 1 amide bonds. The Morgan fingerprint density at radius 3 is 2.79 bits per heavy atom. The Morgan fingerprint density at radius 1 is 1.29 bits per heavy atom. The summed E-state index contributed by atoms with van der Waals surface area (Å²) in [4.78, 5) is 23.0. The number of halogens is 1. The van der Waals surface area contributed by atoms with E-state index in [2.05, 4.69) is 23.7 Å². The highest BCUT2D eigenvalue weighted by Gasteiger charge is 2.32. The molecule has 1 aliphatic heterocycles. The Balaban J connectivity index is 1.77. The van der Waals surface area contributed by atoms with Crippen molar-refractivity contribution in [1.29, 1.82) is 0 Å². The van der Waals surface area contributed by atoms with Crippen LogP contribution in [0.3, 0.4) is 0 Å². The van der Waals surface area contributed by atoms with E-state index in [4.69, 9.17) is 15.5 Å². The third-order valence-corrected chi connectivity index (χ3v) is 6.30. The second-order valence-electron chi connectivity index (χ2n) is 9.48. The molecular formula is C26H31FN4O3. The molecule has 0 aliphatic carbocycles.